The normalized spacial score (nSPS) is 10.5. The zero-order valence-corrected chi connectivity index (χ0v) is 12.5. The van der Waals surface area contributed by atoms with E-state index in [-0.39, 0.29) is 0 Å². The van der Waals surface area contributed by atoms with Crippen LogP contribution in [0.15, 0.2) is 23.8 Å². The number of hydrogen-bond donors (Lipinski definition) is 1. The lowest BCUT2D eigenvalue weighted by atomic mass is 10.3. The number of aryl methyl sites for hydroxylation is 1. The van der Waals surface area contributed by atoms with Crippen LogP contribution < -0.4 is 10.2 Å². The molecule has 0 radical (unpaired) electrons. The van der Waals surface area contributed by atoms with Gasteiger partial charge in [0.05, 0.1) is 29.6 Å². The van der Waals surface area contributed by atoms with Crippen molar-refractivity contribution in [2.24, 2.45) is 0 Å². The fraction of sp³-hybridized carbons (Fsp3) is 0.429. The minimum Gasteiger partial charge on any atom is -0.379 e. The van der Waals surface area contributed by atoms with Crippen molar-refractivity contribution in [3.8, 4) is 0 Å². The average Bonchev–Trinajstić information content (AvgIpc) is 2.85. The van der Waals surface area contributed by atoms with Gasteiger partial charge in [-0.15, -0.1) is 11.3 Å². The van der Waals surface area contributed by atoms with Crippen LogP contribution in [0.25, 0.3) is 0 Å². The molecule has 0 saturated carbocycles. The highest BCUT2D eigenvalue weighted by atomic mass is 32.1. The summed E-state index contributed by atoms with van der Waals surface area (Å²) in [5, 5.41) is 3.38. The first-order valence-corrected chi connectivity index (χ1v) is 7.46. The zero-order chi connectivity index (χ0) is 13.7. The Hall–Kier alpha value is -1.62. The quantitative estimate of drug-likeness (QED) is 0.879. The summed E-state index contributed by atoms with van der Waals surface area (Å²) in [5.41, 5.74) is 4.03. The van der Waals surface area contributed by atoms with Crippen LogP contribution >= 0.6 is 11.3 Å². The Labute approximate surface area is 118 Å². The molecule has 0 amide bonds. The molecule has 102 valence electrons. The van der Waals surface area contributed by atoms with E-state index >= 15 is 0 Å². The number of rotatable bonds is 6. The van der Waals surface area contributed by atoms with E-state index in [1.165, 1.54) is 4.88 Å². The number of hydrogen-bond acceptors (Lipinski definition) is 5. The lowest BCUT2D eigenvalue weighted by Gasteiger charge is -2.19. The smallest absolute Gasteiger partial charge is 0.128 e. The molecule has 1 N–H and O–H groups in total. The Morgan fingerprint density at radius 3 is 2.53 bits per heavy atom. The summed E-state index contributed by atoms with van der Waals surface area (Å²) < 4.78 is 0. The first kappa shape index (κ1) is 13.8. The third kappa shape index (κ3) is 3.44. The van der Waals surface area contributed by atoms with Gasteiger partial charge >= 0.3 is 0 Å². The van der Waals surface area contributed by atoms with Crippen molar-refractivity contribution in [1.82, 2.24) is 9.97 Å². The second-order valence-corrected chi connectivity index (χ2v) is 5.23. The summed E-state index contributed by atoms with van der Waals surface area (Å²) >= 11 is 1.68. The molecule has 0 aliphatic carbocycles. The summed E-state index contributed by atoms with van der Waals surface area (Å²) in [4.78, 5) is 12.2. The van der Waals surface area contributed by atoms with Gasteiger partial charge in [0.1, 0.15) is 5.82 Å². The van der Waals surface area contributed by atoms with E-state index in [0.29, 0.717) is 0 Å². The third-order valence-electron chi connectivity index (χ3n) is 3.13. The van der Waals surface area contributed by atoms with Crippen molar-refractivity contribution in [3.63, 3.8) is 0 Å². The predicted octanol–water partition coefficient (Wildman–Crippen LogP) is 3.30. The maximum absolute atomic E-state index is 4.49. The summed E-state index contributed by atoms with van der Waals surface area (Å²) in [6.07, 6.45) is 1.89. The Kier molecular flexibility index (Phi) is 4.74. The summed E-state index contributed by atoms with van der Waals surface area (Å²) in [6.45, 7) is 9.10. The van der Waals surface area contributed by atoms with Gasteiger partial charge in [-0.05, 0) is 32.9 Å². The fourth-order valence-corrected chi connectivity index (χ4v) is 2.62. The molecule has 0 aliphatic rings. The van der Waals surface area contributed by atoms with Gasteiger partial charge in [-0.1, -0.05) is 0 Å². The first-order valence-electron chi connectivity index (χ1n) is 6.58. The van der Waals surface area contributed by atoms with Crippen LogP contribution in [-0.4, -0.2) is 23.1 Å². The molecule has 0 spiro atoms. The van der Waals surface area contributed by atoms with Crippen LogP contribution in [0.4, 0.5) is 11.5 Å². The molecule has 0 aliphatic heterocycles. The van der Waals surface area contributed by atoms with Crippen molar-refractivity contribution >= 4 is 22.8 Å². The van der Waals surface area contributed by atoms with Crippen LogP contribution in [0.2, 0.25) is 0 Å². The number of thiazole rings is 1. The third-order valence-corrected chi connectivity index (χ3v) is 4.07. The molecular weight excluding hydrogens is 256 g/mol. The number of anilines is 2. The van der Waals surface area contributed by atoms with Crippen molar-refractivity contribution in [3.05, 3.63) is 34.4 Å². The Bertz CT molecular complexity index is 502. The lowest BCUT2D eigenvalue weighted by molar-refractivity contribution is 0.846. The Morgan fingerprint density at radius 2 is 2.00 bits per heavy atom. The second kappa shape index (κ2) is 6.52. The number of nitrogens with zero attached hydrogens (tertiary/aromatic N) is 3. The highest BCUT2D eigenvalue weighted by Gasteiger charge is 2.04. The summed E-state index contributed by atoms with van der Waals surface area (Å²) in [6, 6.07) is 4.14. The molecule has 2 aromatic heterocycles. The molecule has 2 heterocycles. The van der Waals surface area contributed by atoms with Crippen LogP contribution in [0.3, 0.4) is 0 Å². The van der Waals surface area contributed by atoms with E-state index in [1.54, 1.807) is 11.3 Å². The maximum atomic E-state index is 4.49. The standard InChI is InChI=1S/C14H20N4S/c1-4-18(5-2)14-7-6-12(8-16-14)15-9-13-11(3)17-10-19-13/h6-8,10,15H,4-5,9H2,1-3H3. The number of pyridine rings is 1. The molecule has 0 saturated heterocycles. The van der Waals surface area contributed by atoms with Gasteiger partial charge in [0.25, 0.3) is 0 Å². The minimum absolute atomic E-state index is 0.808. The van der Waals surface area contributed by atoms with Gasteiger partial charge in [0, 0.05) is 18.0 Å². The van der Waals surface area contributed by atoms with E-state index in [4.69, 9.17) is 0 Å². The molecule has 0 bridgehead atoms. The SMILES string of the molecule is CCN(CC)c1ccc(NCc2scnc2C)cn1. The lowest BCUT2D eigenvalue weighted by Crippen LogP contribution is -2.22. The minimum atomic E-state index is 0.808. The highest BCUT2D eigenvalue weighted by Crippen LogP contribution is 2.17. The van der Waals surface area contributed by atoms with Crippen LogP contribution in [0.5, 0.6) is 0 Å². The predicted molar refractivity (Wildman–Crippen MR) is 82.0 cm³/mol. The van der Waals surface area contributed by atoms with E-state index in [0.717, 1.165) is 36.8 Å². The van der Waals surface area contributed by atoms with Gasteiger partial charge in [0.2, 0.25) is 0 Å². The average molecular weight is 276 g/mol. The number of nitrogens with one attached hydrogen (secondary N) is 1. The molecule has 0 unspecified atom stereocenters. The molecule has 0 aromatic carbocycles. The molecule has 2 rings (SSSR count). The van der Waals surface area contributed by atoms with Crippen LogP contribution in [0.1, 0.15) is 24.4 Å². The Balaban J connectivity index is 1.97. The van der Waals surface area contributed by atoms with Gasteiger partial charge in [-0.25, -0.2) is 9.97 Å². The van der Waals surface area contributed by atoms with E-state index < -0.39 is 0 Å². The molecular formula is C14H20N4S. The molecule has 5 heteroatoms. The topological polar surface area (TPSA) is 41.0 Å². The zero-order valence-electron chi connectivity index (χ0n) is 11.7. The number of aromatic nitrogens is 2. The largest absolute Gasteiger partial charge is 0.379 e. The fourth-order valence-electron chi connectivity index (χ4n) is 1.90. The van der Waals surface area contributed by atoms with Gasteiger partial charge in [-0.3, -0.25) is 0 Å². The molecule has 0 fully saturated rings. The van der Waals surface area contributed by atoms with Crippen LogP contribution in [-0.2, 0) is 6.54 Å². The van der Waals surface area contributed by atoms with Crippen molar-refractivity contribution < 1.29 is 0 Å². The molecule has 4 nitrogen and oxygen atoms in total. The monoisotopic (exact) mass is 276 g/mol. The first-order chi connectivity index (χ1) is 9.24. The maximum Gasteiger partial charge on any atom is 0.128 e. The van der Waals surface area contributed by atoms with E-state index in [2.05, 4.69) is 46.2 Å². The van der Waals surface area contributed by atoms with E-state index in [9.17, 15) is 0 Å². The summed E-state index contributed by atoms with van der Waals surface area (Å²) in [7, 11) is 0. The van der Waals surface area contributed by atoms with Crippen LogP contribution in [0, 0.1) is 6.92 Å². The highest BCUT2D eigenvalue weighted by molar-refractivity contribution is 7.09. The molecule has 0 atom stereocenters. The van der Waals surface area contributed by atoms with Crippen molar-refractivity contribution in [1.29, 1.82) is 0 Å². The van der Waals surface area contributed by atoms with E-state index in [1.807, 2.05) is 18.6 Å². The molecule has 2 aromatic rings. The summed E-state index contributed by atoms with van der Waals surface area (Å²) in [5.74, 6) is 1.03. The Morgan fingerprint density at radius 1 is 1.21 bits per heavy atom. The molecule has 19 heavy (non-hydrogen) atoms. The second-order valence-electron chi connectivity index (χ2n) is 4.29. The van der Waals surface area contributed by atoms with Crippen molar-refractivity contribution in [2.75, 3.05) is 23.3 Å². The van der Waals surface area contributed by atoms with Gasteiger partial charge < -0.3 is 10.2 Å². The van der Waals surface area contributed by atoms with Crippen molar-refractivity contribution in [2.45, 2.75) is 27.3 Å². The van der Waals surface area contributed by atoms with Gasteiger partial charge in [0.15, 0.2) is 0 Å². The van der Waals surface area contributed by atoms with Gasteiger partial charge in [-0.2, -0.15) is 0 Å².